The van der Waals surface area contributed by atoms with Gasteiger partial charge in [-0.2, -0.15) is 0 Å². The maximum Gasteiger partial charge on any atom is 0.251 e. The van der Waals surface area contributed by atoms with Crippen molar-refractivity contribution >= 4 is 21.3 Å². The minimum atomic E-state index is -3.66. The van der Waals surface area contributed by atoms with Crippen molar-refractivity contribution in [2.75, 3.05) is 0 Å². The molecule has 13 heavy (non-hydrogen) atoms. The Bertz CT molecular complexity index is 468. The lowest BCUT2D eigenvalue weighted by Gasteiger charge is -2.09. The van der Waals surface area contributed by atoms with Gasteiger partial charge in [0, 0.05) is 12.6 Å². The average molecular weight is 197 g/mol. The van der Waals surface area contributed by atoms with Gasteiger partial charge in [0.05, 0.1) is 11.9 Å². The Morgan fingerprint density at radius 2 is 2.23 bits per heavy atom. The van der Waals surface area contributed by atoms with E-state index in [1.165, 1.54) is 6.20 Å². The van der Waals surface area contributed by atoms with E-state index in [2.05, 4.69) is 9.98 Å². The van der Waals surface area contributed by atoms with Gasteiger partial charge in [-0.15, -0.1) is 0 Å². The lowest BCUT2D eigenvalue weighted by atomic mass is 10.1. The quantitative estimate of drug-likeness (QED) is 0.589. The van der Waals surface area contributed by atoms with E-state index in [1.807, 2.05) is 0 Å². The van der Waals surface area contributed by atoms with Crippen LogP contribution in [0.4, 0.5) is 0 Å². The minimum absolute atomic E-state index is 0.00648. The van der Waals surface area contributed by atoms with Crippen LogP contribution in [0.3, 0.4) is 0 Å². The Hall–Kier alpha value is -1.27. The molecule has 0 spiro atoms. The largest absolute Gasteiger partial charge is 0.255 e. The summed E-state index contributed by atoms with van der Waals surface area (Å²) in [5.74, 6) is 0. The molecule has 2 aliphatic heterocycles. The van der Waals surface area contributed by atoms with Gasteiger partial charge in [-0.25, -0.2) is 18.5 Å². The summed E-state index contributed by atoms with van der Waals surface area (Å²) in [6, 6.07) is 0. The number of fused-ring (bicyclic) bond motifs is 1. The smallest absolute Gasteiger partial charge is 0.251 e. The van der Waals surface area contributed by atoms with Crippen molar-refractivity contribution in [3.8, 4) is 0 Å². The lowest BCUT2D eigenvalue weighted by Crippen LogP contribution is -2.24. The molecule has 2 aliphatic rings. The minimum Gasteiger partial charge on any atom is -0.255 e. The number of hydrogen-bond acceptors (Lipinski definition) is 4. The summed E-state index contributed by atoms with van der Waals surface area (Å²) in [5, 5.41) is 4.93. The van der Waals surface area contributed by atoms with Crippen LogP contribution in [0.2, 0.25) is 0 Å². The first-order valence-corrected chi connectivity index (χ1v) is 5.15. The summed E-state index contributed by atoms with van der Waals surface area (Å²) in [5.41, 5.74) is 1.56. The second-order valence-electron chi connectivity index (χ2n) is 2.73. The van der Waals surface area contributed by atoms with Gasteiger partial charge in [0.1, 0.15) is 0 Å². The molecule has 0 amide bonds. The fourth-order valence-electron chi connectivity index (χ4n) is 1.16. The monoisotopic (exact) mass is 197 g/mol. The predicted molar refractivity (Wildman–Crippen MR) is 49.8 cm³/mol. The maximum absolute atomic E-state index is 10.9. The van der Waals surface area contributed by atoms with Crippen molar-refractivity contribution in [1.29, 1.82) is 0 Å². The van der Waals surface area contributed by atoms with E-state index < -0.39 is 10.0 Å². The van der Waals surface area contributed by atoms with E-state index in [9.17, 15) is 8.42 Å². The Balaban J connectivity index is 2.42. The summed E-state index contributed by atoms with van der Waals surface area (Å²) in [4.78, 5) is 7.71. The molecule has 0 fully saturated rings. The lowest BCUT2D eigenvalue weighted by molar-refractivity contribution is 0.608. The number of nitrogens with two attached hydrogens (primary N) is 1. The van der Waals surface area contributed by atoms with Gasteiger partial charge in [-0.1, -0.05) is 0 Å². The number of hydrogen-bond donors (Lipinski definition) is 1. The molecule has 2 rings (SSSR count). The molecule has 2 N–H and O–H groups in total. The molecular formula is C7H7N3O2S. The highest BCUT2D eigenvalue weighted by Gasteiger charge is 2.22. The second kappa shape index (κ2) is 2.61. The number of aliphatic imine (C=N–C) groups is 2. The maximum atomic E-state index is 10.9. The van der Waals surface area contributed by atoms with Crippen molar-refractivity contribution in [2.24, 2.45) is 15.1 Å². The summed E-state index contributed by atoms with van der Waals surface area (Å²) in [6.07, 6.45) is 5.03. The van der Waals surface area contributed by atoms with Crippen LogP contribution in [0.15, 0.2) is 33.5 Å². The molecule has 0 aromatic carbocycles. The second-order valence-corrected chi connectivity index (χ2v) is 4.29. The van der Waals surface area contributed by atoms with Crippen LogP contribution in [-0.4, -0.2) is 19.7 Å². The van der Waals surface area contributed by atoms with Crippen LogP contribution in [0.5, 0.6) is 0 Å². The van der Waals surface area contributed by atoms with Gasteiger partial charge in [0.2, 0.25) is 0 Å². The molecule has 0 aromatic heterocycles. The Morgan fingerprint density at radius 1 is 1.46 bits per heavy atom. The van der Waals surface area contributed by atoms with E-state index in [1.54, 1.807) is 12.3 Å². The molecule has 2 heterocycles. The molecule has 68 valence electrons. The van der Waals surface area contributed by atoms with Crippen molar-refractivity contribution in [1.82, 2.24) is 0 Å². The highest BCUT2D eigenvalue weighted by molar-refractivity contribution is 8.04. The zero-order valence-electron chi connectivity index (χ0n) is 6.64. The molecule has 0 saturated carbocycles. The number of primary sulfonamides is 1. The van der Waals surface area contributed by atoms with E-state index >= 15 is 0 Å². The molecule has 0 unspecified atom stereocenters. The van der Waals surface area contributed by atoms with Crippen LogP contribution in [-0.2, 0) is 10.0 Å². The SMILES string of the molecule is NS(=O)(=O)C1=NC=C2N=CC=C2C1. The molecule has 0 aliphatic carbocycles. The van der Waals surface area contributed by atoms with E-state index in [-0.39, 0.29) is 11.5 Å². The van der Waals surface area contributed by atoms with Crippen molar-refractivity contribution < 1.29 is 8.42 Å². The van der Waals surface area contributed by atoms with Gasteiger partial charge in [-0.3, -0.25) is 4.99 Å². The summed E-state index contributed by atoms with van der Waals surface area (Å²) in [7, 11) is -3.66. The predicted octanol–water partition coefficient (Wildman–Crippen LogP) is -0.0707. The van der Waals surface area contributed by atoms with E-state index in [0.717, 1.165) is 5.57 Å². The zero-order chi connectivity index (χ0) is 9.47. The zero-order valence-corrected chi connectivity index (χ0v) is 7.45. The molecule has 0 bridgehead atoms. The fourth-order valence-corrected chi connectivity index (χ4v) is 1.71. The topological polar surface area (TPSA) is 84.9 Å². The highest BCUT2D eigenvalue weighted by atomic mass is 32.2. The molecule has 0 saturated heterocycles. The van der Waals surface area contributed by atoms with Crippen molar-refractivity contribution in [3.63, 3.8) is 0 Å². The van der Waals surface area contributed by atoms with E-state index in [0.29, 0.717) is 5.70 Å². The Morgan fingerprint density at radius 3 is 2.92 bits per heavy atom. The number of nitrogens with zero attached hydrogens (tertiary/aromatic N) is 2. The number of rotatable bonds is 0. The van der Waals surface area contributed by atoms with Gasteiger partial charge >= 0.3 is 0 Å². The molecule has 5 nitrogen and oxygen atoms in total. The fraction of sp³-hybridized carbons (Fsp3) is 0.143. The van der Waals surface area contributed by atoms with Crippen LogP contribution in [0.1, 0.15) is 6.42 Å². The Labute approximate surface area is 75.4 Å². The van der Waals surface area contributed by atoms with Crippen LogP contribution in [0.25, 0.3) is 0 Å². The summed E-state index contributed by atoms with van der Waals surface area (Å²) < 4.78 is 21.8. The molecule has 0 atom stereocenters. The third kappa shape index (κ3) is 1.45. The van der Waals surface area contributed by atoms with E-state index in [4.69, 9.17) is 5.14 Å². The van der Waals surface area contributed by atoms with Crippen molar-refractivity contribution in [3.05, 3.63) is 23.5 Å². The summed E-state index contributed by atoms with van der Waals surface area (Å²) >= 11 is 0. The Kier molecular flexibility index (Phi) is 1.67. The van der Waals surface area contributed by atoms with Gasteiger partial charge in [0.15, 0.2) is 5.04 Å². The van der Waals surface area contributed by atoms with Gasteiger partial charge in [0.25, 0.3) is 10.0 Å². The van der Waals surface area contributed by atoms with Crippen molar-refractivity contribution in [2.45, 2.75) is 6.42 Å². The van der Waals surface area contributed by atoms with Gasteiger partial charge < -0.3 is 0 Å². The first-order valence-electron chi connectivity index (χ1n) is 3.60. The molecule has 0 radical (unpaired) electrons. The average Bonchev–Trinajstić information content (AvgIpc) is 2.47. The molecule has 0 aromatic rings. The highest BCUT2D eigenvalue weighted by Crippen LogP contribution is 2.24. The number of sulfonamides is 1. The number of allylic oxidation sites excluding steroid dienone is 2. The normalized spacial score (nSPS) is 20.5. The summed E-state index contributed by atoms with van der Waals surface area (Å²) in [6.45, 7) is 0. The molecule has 6 heteroatoms. The van der Waals surface area contributed by atoms with Crippen LogP contribution >= 0.6 is 0 Å². The standard InChI is InChI=1S/C7H7N3O2S/c8-13(11,12)7-3-5-1-2-9-6(5)4-10-7/h1-2,4H,3H2,(H2,8,11,12). The first kappa shape index (κ1) is 8.33. The first-order chi connectivity index (χ1) is 6.07. The van der Waals surface area contributed by atoms with Crippen LogP contribution in [0, 0.1) is 0 Å². The molecular weight excluding hydrogens is 190 g/mol. The third-order valence-corrected chi connectivity index (χ3v) is 2.73. The van der Waals surface area contributed by atoms with Crippen LogP contribution < -0.4 is 5.14 Å². The van der Waals surface area contributed by atoms with Gasteiger partial charge in [-0.05, 0) is 11.6 Å². The third-order valence-electron chi connectivity index (χ3n) is 1.82.